The number of amides is 1. The molecule has 1 amide bonds. The van der Waals surface area contributed by atoms with Gasteiger partial charge in [-0.15, -0.1) is 4.40 Å². The lowest BCUT2D eigenvalue weighted by Gasteiger charge is -2.34. The third-order valence-corrected chi connectivity index (χ3v) is 5.87. The van der Waals surface area contributed by atoms with Gasteiger partial charge in [0.1, 0.15) is 16.5 Å². The van der Waals surface area contributed by atoms with E-state index in [0.29, 0.717) is 31.9 Å². The van der Waals surface area contributed by atoms with Gasteiger partial charge in [0, 0.05) is 26.2 Å². The van der Waals surface area contributed by atoms with Crippen LogP contribution >= 0.6 is 0 Å². The van der Waals surface area contributed by atoms with E-state index in [1.165, 1.54) is 24.5 Å². The Bertz CT molecular complexity index is 996. The van der Waals surface area contributed by atoms with Gasteiger partial charge in [0.15, 0.2) is 5.76 Å². The zero-order chi connectivity index (χ0) is 19.0. The Hall–Kier alpha value is -2.72. The second-order valence-electron chi connectivity index (χ2n) is 6.30. The molecule has 27 heavy (non-hydrogen) atoms. The van der Waals surface area contributed by atoms with Crippen molar-refractivity contribution in [2.75, 3.05) is 38.0 Å². The fourth-order valence-electron chi connectivity index (χ4n) is 3.15. The average molecular weight is 392 g/mol. The molecule has 8 nitrogen and oxygen atoms in total. The minimum absolute atomic E-state index is 0.0749. The normalized spacial score (nSPS) is 19.1. The molecule has 142 valence electrons. The summed E-state index contributed by atoms with van der Waals surface area (Å²) in [6.45, 7) is 2.25. The Morgan fingerprint density at radius 2 is 1.96 bits per heavy atom. The number of nitrogens with zero attached hydrogens (tertiary/aromatic N) is 3. The number of fused-ring (bicyclic) bond motifs is 1. The second kappa shape index (κ2) is 6.78. The van der Waals surface area contributed by atoms with Crippen LogP contribution in [0.2, 0.25) is 0 Å². The highest BCUT2D eigenvalue weighted by atomic mass is 32.2. The molecule has 1 saturated heterocycles. The number of anilines is 1. The maximum Gasteiger partial charge on any atom is 0.289 e. The molecule has 0 bridgehead atoms. The lowest BCUT2D eigenvalue weighted by molar-refractivity contribution is 0.0623. The quantitative estimate of drug-likeness (QED) is 0.848. The number of carbonyl (C=O) groups is 1. The van der Waals surface area contributed by atoms with E-state index in [1.807, 2.05) is 4.90 Å². The highest BCUT2D eigenvalue weighted by Crippen LogP contribution is 2.29. The van der Waals surface area contributed by atoms with Gasteiger partial charge in [-0.25, -0.2) is 4.39 Å². The largest absolute Gasteiger partial charge is 0.459 e. The Morgan fingerprint density at radius 3 is 2.67 bits per heavy atom. The van der Waals surface area contributed by atoms with Gasteiger partial charge in [0.25, 0.3) is 15.9 Å². The first-order chi connectivity index (χ1) is 12.9. The number of hydrogen-bond acceptors (Lipinski definition) is 6. The summed E-state index contributed by atoms with van der Waals surface area (Å²) in [4.78, 5) is 15.7. The van der Waals surface area contributed by atoms with Crippen LogP contribution < -0.4 is 5.32 Å². The number of sulfonamides is 1. The van der Waals surface area contributed by atoms with E-state index in [1.54, 1.807) is 17.0 Å². The number of carbonyl (C=O) groups excluding carboxylic acids is 1. The number of nitrogens with one attached hydrogen (secondary N) is 1. The van der Waals surface area contributed by atoms with Gasteiger partial charge in [-0.1, -0.05) is 6.07 Å². The number of hydrogen-bond donors (Lipinski definition) is 1. The van der Waals surface area contributed by atoms with Crippen LogP contribution in [0.25, 0.3) is 0 Å². The Morgan fingerprint density at radius 1 is 1.19 bits per heavy atom. The summed E-state index contributed by atoms with van der Waals surface area (Å²) in [5.41, 5.74) is -0.0749. The zero-order valence-corrected chi connectivity index (χ0v) is 15.1. The third-order valence-electron chi connectivity index (χ3n) is 4.52. The monoisotopic (exact) mass is 392 g/mol. The van der Waals surface area contributed by atoms with Crippen molar-refractivity contribution in [2.45, 2.75) is 4.90 Å². The summed E-state index contributed by atoms with van der Waals surface area (Å²) < 4.78 is 47.4. The summed E-state index contributed by atoms with van der Waals surface area (Å²) >= 11 is 0. The number of para-hydroxylation sites is 1. The number of amidine groups is 1. The van der Waals surface area contributed by atoms with Gasteiger partial charge in [0.05, 0.1) is 18.5 Å². The van der Waals surface area contributed by atoms with E-state index in [-0.39, 0.29) is 28.9 Å². The summed E-state index contributed by atoms with van der Waals surface area (Å²) in [6, 6.07) is 7.13. The molecule has 1 fully saturated rings. The van der Waals surface area contributed by atoms with E-state index in [0.717, 1.165) is 0 Å². The number of benzene rings is 1. The fraction of sp³-hybridized carbons (Fsp3) is 0.294. The second-order valence-corrected chi connectivity index (χ2v) is 7.87. The van der Waals surface area contributed by atoms with Crippen LogP contribution in [0.5, 0.6) is 0 Å². The van der Waals surface area contributed by atoms with Crippen molar-refractivity contribution in [1.29, 1.82) is 0 Å². The van der Waals surface area contributed by atoms with Crippen molar-refractivity contribution in [3.8, 4) is 0 Å². The Balaban J connectivity index is 1.42. The van der Waals surface area contributed by atoms with Crippen LogP contribution in [-0.4, -0.2) is 62.7 Å². The van der Waals surface area contributed by atoms with Gasteiger partial charge in [-0.3, -0.25) is 9.69 Å². The van der Waals surface area contributed by atoms with E-state index in [4.69, 9.17) is 4.42 Å². The average Bonchev–Trinajstić information content (AvgIpc) is 3.17. The molecule has 3 heterocycles. The first-order valence-corrected chi connectivity index (χ1v) is 9.82. The van der Waals surface area contributed by atoms with Gasteiger partial charge < -0.3 is 14.6 Å². The molecule has 0 unspecified atom stereocenters. The maximum atomic E-state index is 14.0. The van der Waals surface area contributed by atoms with Crippen molar-refractivity contribution >= 4 is 27.5 Å². The number of halogens is 1. The lowest BCUT2D eigenvalue weighted by Crippen LogP contribution is -2.50. The molecule has 2 aromatic rings. The maximum absolute atomic E-state index is 14.0. The summed E-state index contributed by atoms with van der Waals surface area (Å²) in [5.74, 6) is -0.359. The molecule has 1 aromatic heterocycles. The third kappa shape index (κ3) is 3.45. The Labute approximate surface area is 155 Å². The smallest absolute Gasteiger partial charge is 0.289 e. The van der Waals surface area contributed by atoms with Crippen LogP contribution in [0, 0.1) is 5.82 Å². The molecule has 2 aliphatic heterocycles. The fourth-order valence-corrected chi connectivity index (χ4v) is 4.30. The highest BCUT2D eigenvalue weighted by Gasteiger charge is 2.29. The summed E-state index contributed by atoms with van der Waals surface area (Å²) in [5, 5.41) is 2.78. The predicted octanol–water partition coefficient (Wildman–Crippen LogP) is 1.39. The van der Waals surface area contributed by atoms with Gasteiger partial charge in [0.2, 0.25) is 0 Å². The molecule has 0 atom stereocenters. The van der Waals surface area contributed by atoms with Crippen molar-refractivity contribution in [3.63, 3.8) is 0 Å². The zero-order valence-electron chi connectivity index (χ0n) is 14.3. The topological polar surface area (TPSA) is 95.2 Å². The minimum atomic E-state index is -3.94. The van der Waals surface area contributed by atoms with Crippen molar-refractivity contribution in [2.24, 2.45) is 4.40 Å². The lowest BCUT2D eigenvalue weighted by atomic mass is 10.2. The molecule has 0 spiro atoms. The number of furan rings is 1. The van der Waals surface area contributed by atoms with Gasteiger partial charge >= 0.3 is 0 Å². The van der Waals surface area contributed by atoms with Crippen molar-refractivity contribution in [1.82, 2.24) is 9.80 Å². The first-order valence-electron chi connectivity index (χ1n) is 8.38. The molecule has 1 aromatic carbocycles. The molecular formula is C17H17FN4O4S. The molecule has 2 aliphatic rings. The Kier molecular flexibility index (Phi) is 4.44. The molecule has 1 N–H and O–H groups in total. The molecular weight excluding hydrogens is 375 g/mol. The van der Waals surface area contributed by atoms with Crippen LogP contribution in [0.4, 0.5) is 10.1 Å². The van der Waals surface area contributed by atoms with Crippen LogP contribution in [0.15, 0.2) is 50.3 Å². The molecule has 0 saturated carbocycles. The number of piperazine rings is 1. The molecule has 4 rings (SSSR count). The molecule has 10 heteroatoms. The first kappa shape index (κ1) is 17.7. The van der Waals surface area contributed by atoms with E-state index in [9.17, 15) is 17.6 Å². The van der Waals surface area contributed by atoms with Crippen LogP contribution in [0.3, 0.4) is 0 Å². The summed E-state index contributed by atoms with van der Waals surface area (Å²) in [6.07, 6.45) is 1.45. The van der Waals surface area contributed by atoms with E-state index in [2.05, 4.69) is 9.71 Å². The molecule has 0 aliphatic carbocycles. The summed E-state index contributed by atoms with van der Waals surface area (Å²) in [7, 11) is -3.94. The highest BCUT2D eigenvalue weighted by molar-refractivity contribution is 7.90. The van der Waals surface area contributed by atoms with Crippen LogP contribution in [0.1, 0.15) is 10.6 Å². The molecule has 0 radical (unpaired) electrons. The number of rotatable bonds is 3. The SMILES string of the molecule is O=C(c1ccco1)N1CCN(CC2=NS(=O)(=O)c3cccc(F)c3N2)CC1. The van der Waals surface area contributed by atoms with Crippen LogP contribution in [-0.2, 0) is 10.0 Å². The van der Waals surface area contributed by atoms with E-state index >= 15 is 0 Å². The van der Waals surface area contributed by atoms with E-state index < -0.39 is 15.8 Å². The van der Waals surface area contributed by atoms with Crippen molar-refractivity contribution < 1.29 is 22.0 Å². The van der Waals surface area contributed by atoms with Crippen molar-refractivity contribution in [3.05, 3.63) is 48.2 Å². The van der Waals surface area contributed by atoms with Gasteiger partial charge in [-0.05, 0) is 24.3 Å². The predicted molar refractivity (Wildman–Crippen MR) is 95.7 cm³/mol. The van der Waals surface area contributed by atoms with Gasteiger partial charge in [-0.2, -0.15) is 8.42 Å². The standard InChI is InChI=1S/C17H17FN4O4S/c18-12-3-1-5-14-16(12)19-15(20-27(14,24)25)11-21-6-8-22(9-7-21)17(23)13-4-2-10-26-13/h1-5,10H,6-9,11H2,(H,19,20). The minimum Gasteiger partial charge on any atom is -0.459 e.